The van der Waals surface area contributed by atoms with Crippen molar-refractivity contribution in [3.05, 3.63) is 24.0 Å². The van der Waals surface area contributed by atoms with Crippen LogP contribution in [0.15, 0.2) is 18.3 Å². The number of anilines is 1. The van der Waals surface area contributed by atoms with Gasteiger partial charge < -0.3 is 15.3 Å². The van der Waals surface area contributed by atoms with Crippen LogP contribution in [-0.2, 0) is 4.79 Å². The first kappa shape index (κ1) is 12.3. The number of carbonyl (C=O) groups excluding carboxylic acids is 1. The third-order valence-corrected chi connectivity index (χ3v) is 2.83. The van der Waals surface area contributed by atoms with Crippen molar-refractivity contribution in [1.29, 1.82) is 0 Å². The van der Waals surface area contributed by atoms with E-state index in [9.17, 15) is 9.59 Å². The average Bonchev–Trinajstić information content (AvgIpc) is 3.19. The molecule has 0 atom stereocenters. The van der Waals surface area contributed by atoms with E-state index in [2.05, 4.69) is 10.3 Å². The molecule has 6 heteroatoms. The molecule has 0 aliphatic heterocycles. The Balaban J connectivity index is 2.24. The number of amides is 1. The Labute approximate surface area is 105 Å². The topological polar surface area (TPSA) is 82.5 Å². The number of carboxylic acids is 1. The van der Waals surface area contributed by atoms with Crippen LogP contribution in [0.3, 0.4) is 0 Å². The zero-order chi connectivity index (χ0) is 13.1. The summed E-state index contributed by atoms with van der Waals surface area (Å²) in [6.45, 7) is -0.0537. The minimum Gasteiger partial charge on any atom is -0.480 e. The molecule has 0 unspecified atom stereocenters. The Kier molecular flexibility index (Phi) is 3.45. The molecular formula is C12H15N3O3. The second-order valence-corrected chi connectivity index (χ2v) is 4.23. The fourth-order valence-electron chi connectivity index (χ4n) is 1.81. The fourth-order valence-corrected chi connectivity index (χ4v) is 1.81. The van der Waals surface area contributed by atoms with Gasteiger partial charge in [0, 0.05) is 25.0 Å². The average molecular weight is 249 g/mol. The van der Waals surface area contributed by atoms with Gasteiger partial charge in [-0.2, -0.15) is 0 Å². The molecule has 1 saturated carbocycles. The zero-order valence-corrected chi connectivity index (χ0v) is 10.1. The molecule has 0 spiro atoms. The van der Waals surface area contributed by atoms with Gasteiger partial charge >= 0.3 is 5.97 Å². The number of aliphatic carboxylic acids is 1. The number of nitrogens with one attached hydrogen (secondary N) is 1. The molecule has 1 heterocycles. The summed E-state index contributed by atoms with van der Waals surface area (Å²) in [6.07, 6.45) is 3.51. The Hall–Kier alpha value is -2.11. The number of pyridine rings is 1. The highest BCUT2D eigenvalue weighted by molar-refractivity contribution is 5.93. The van der Waals surface area contributed by atoms with Gasteiger partial charge in [0.2, 0.25) is 0 Å². The van der Waals surface area contributed by atoms with Gasteiger partial charge in [-0.15, -0.1) is 0 Å². The van der Waals surface area contributed by atoms with Gasteiger partial charge in [0.15, 0.2) is 0 Å². The van der Waals surface area contributed by atoms with Crippen LogP contribution >= 0.6 is 0 Å². The van der Waals surface area contributed by atoms with Gasteiger partial charge in [-0.1, -0.05) is 0 Å². The minimum absolute atomic E-state index is 0.0537. The minimum atomic E-state index is -0.875. The van der Waals surface area contributed by atoms with Crippen LogP contribution in [0.4, 0.5) is 5.69 Å². The van der Waals surface area contributed by atoms with Crippen LogP contribution in [0, 0.1) is 0 Å². The van der Waals surface area contributed by atoms with Crippen LogP contribution in [0.1, 0.15) is 23.3 Å². The van der Waals surface area contributed by atoms with Crippen LogP contribution in [0.5, 0.6) is 0 Å². The van der Waals surface area contributed by atoms with Gasteiger partial charge in [0.1, 0.15) is 12.2 Å². The van der Waals surface area contributed by atoms with E-state index >= 15 is 0 Å². The normalized spacial score (nSPS) is 14.1. The van der Waals surface area contributed by atoms with Crippen molar-refractivity contribution in [2.45, 2.75) is 18.9 Å². The third kappa shape index (κ3) is 2.77. The summed E-state index contributed by atoms with van der Waals surface area (Å²) in [7, 11) is 1.53. The Morgan fingerprint density at radius 1 is 1.56 bits per heavy atom. The molecule has 0 bridgehead atoms. The summed E-state index contributed by atoms with van der Waals surface area (Å²) in [5, 5.41) is 11.4. The van der Waals surface area contributed by atoms with Gasteiger partial charge in [0.05, 0.1) is 0 Å². The van der Waals surface area contributed by atoms with E-state index in [0.29, 0.717) is 5.69 Å². The fraction of sp³-hybridized carbons (Fsp3) is 0.417. The quantitative estimate of drug-likeness (QED) is 0.793. The standard InChI is InChI=1S/C12H15N3O3/c1-13-12(18)10-6-9(4-5-14-10)15(7-11(16)17)8-2-3-8/h4-6,8H,2-3,7H2,1H3,(H,13,18)(H,16,17). The molecule has 1 aliphatic rings. The largest absolute Gasteiger partial charge is 0.480 e. The Bertz CT molecular complexity index is 471. The smallest absolute Gasteiger partial charge is 0.323 e. The lowest BCUT2D eigenvalue weighted by atomic mass is 10.2. The highest BCUT2D eigenvalue weighted by Gasteiger charge is 2.30. The molecule has 1 fully saturated rings. The van der Waals surface area contributed by atoms with Crippen molar-refractivity contribution in [3.8, 4) is 0 Å². The van der Waals surface area contributed by atoms with E-state index in [1.54, 1.807) is 17.0 Å². The lowest BCUT2D eigenvalue weighted by molar-refractivity contribution is -0.135. The van der Waals surface area contributed by atoms with Gasteiger partial charge in [-0.25, -0.2) is 0 Å². The molecule has 1 aromatic heterocycles. The molecular weight excluding hydrogens is 234 g/mol. The van der Waals surface area contributed by atoms with E-state index in [1.807, 2.05) is 0 Å². The number of hydrogen-bond donors (Lipinski definition) is 2. The number of aromatic nitrogens is 1. The maximum absolute atomic E-state index is 11.5. The molecule has 0 radical (unpaired) electrons. The summed E-state index contributed by atoms with van der Waals surface area (Å²) in [5.41, 5.74) is 1.03. The monoisotopic (exact) mass is 249 g/mol. The van der Waals surface area contributed by atoms with Crippen molar-refractivity contribution in [3.63, 3.8) is 0 Å². The van der Waals surface area contributed by atoms with E-state index in [1.165, 1.54) is 13.2 Å². The molecule has 2 N–H and O–H groups in total. The third-order valence-electron chi connectivity index (χ3n) is 2.83. The zero-order valence-electron chi connectivity index (χ0n) is 10.1. The molecule has 1 aliphatic carbocycles. The highest BCUT2D eigenvalue weighted by atomic mass is 16.4. The number of rotatable bonds is 5. The number of carboxylic acid groups (broad SMARTS) is 1. The predicted molar refractivity (Wildman–Crippen MR) is 65.6 cm³/mol. The summed E-state index contributed by atoms with van der Waals surface area (Å²) >= 11 is 0. The molecule has 1 amide bonds. The van der Waals surface area contributed by atoms with Crippen LogP contribution in [0.25, 0.3) is 0 Å². The first-order valence-electron chi connectivity index (χ1n) is 5.78. The number of carbonyl (C=O) groups is 2. The predicted octanol–water partition coefficient (Wildman–Crippen LogP) is 0.495. The van der Waals surface area contributed by atoms with Crippen molar-refractivity contribution < 1.29 is 14.7 Å². The maximum atomic E-state index is 11.5. The van der Waals surface area contributed by atoms with Crippen LogP contribution in [-0.4, -0.2) is 41.6 Å². The van der Waals surface area contributed by atoms with Crippen molar-refractivity contribution in [2.24, 2.45) is 0 Å². The maximum Gasteiger partial charge on any atom is 0.323 e. The lowest BCUT2D eigenvalue weighted by Crippen LogP contribution is -2.32. The van der Waals surface area contributed by atoms with E-state index < -0.39 is 5.97 Å². The SMILES string of the molecule is CNC(=O)c1cc(N(CC(=O)O)C2CC2)ccn1. The van der Waals surface area contributed by atoms with Gasteiger partial charge in [0.25, 0.3) is 5.91 Å². The number of hydrogen-bond acceptors (Lipinski definition) is 4. The van der Waals surface area contributed by atoms with Crippen LogP contribution in [0.2, 0.25) is 0 Å². The molecule has 0 saturated heterocycles. The van der Waals surface area contributed by atoms with E-state index in [4.69, 9.17) is 5.11 Å². The second-order valence-electron chi connectivity index (χ2n) is 4.23. The van der Waals surface area contributed by atoms with E-state index in [0.717, 1.165) is 18.5 Å². The molecule has 1 aromatic rings. The number of nitrogens with zero attached hydrogens (tertiary/aromatic N) is 2. The van der Waals surface area contributed by atoms with Gasteiger partial charge in [-0.05, 0) is 25.0 Å². The first-order chi connectivity index (χ1) is 8.61. The van der Waals surface area contributed by atoms with Crippen molar-refractivity contribution >= 4 is 17.6 Å². The van der Waals surface area contributed by atoms with Crippen molar-refractivity contribution in [1.82, 2.24) is 10.3 Å². The molecule has 18 heavy (non-hydrogen) atoms. The summed E-state index contributed by atoms with van der Waals surface area (Å²) < 4.78 is 0. The first-order valence-corrected chi connectivity index (χ1v) is 5.78. The molecule has 0 aromatic carbocycles. The Morgan fingerprint density at radius 3 is 2.83 bits per heavy atom. The van der Waals surface area contributed by atoms with Crippen molar-refractivity contribution in [2.75, 3.05) is 18.5 Å². The summed E-state index contributed by atoms with van der Waals surface area (Å²) in [4.78, 5) is 28.1. The molecule has 2 rings (SSSR count). The van der Waals surface area contributed by atoms with E-state index in [-0.39, 0.29) is 18.5 Å². The highest BCUT2D eigenvalue weighted by Crippen LogP contribution is 2.31. The van der Waals surface area contributed by atoms with Crippen LogP contribution < -0.4 is 10.2 Å². The lowest BCUT2D eigenvalue weighted by Gasteiger charge is -2.22. The molecule has 96 valence electrons. The molecule has 6 nitrogen and oxygen atoms in total. The Morgan fingerprint density at radius 2 is 2.28 bits per heavy atom. The summed E-state index contributed by atoms with van der Waals surface area (Å²) in [5.74, 6) is -1.15. The van der Waals surface area contributed by atoms with Gasteiger partial charge in [-0.3, -0.25) is 14.6 Å². The summed E-state index contributed by atoms with van der Waals surface area (Å²) in [6, 6.07) is 3.62. The second kappa shape index (κ2) is 5.03.